The van der Waals surface area contributed by atoms with Gasteiger partial charge < -0.3 is 4.57 Å². The van der Waals surface area contributed by atoms with E-state index in [0.717, 1.165) is 5.82 Å². The molecule has 3 aromatic heterocycles. The van der Waals surface area contributed by atoms with Gasteiger partial charge in [-0.2, -0.15) is 0 Å². The van der Waals surface area contributed by atoms with Crippen LogP contribution in [0, 0.1) is 0 Å². The fourth-order valence-electron chi connectivity index (χ4n) is 5.85. The molecular weight excluding hydrogens is 438 g/mol. The second kappa shape index (κ2) is 7.82. The average Bonchev–Trinajstić information content (AvgIpc) is 3.41. The van der Waals surface area contributed by atoms with E-state index in [2.05, 4.69) is 127 Å². The van der Waals surface area contributed by atoms with Gasteiger partial charge >= 0.3 is 0 Å². The van der Waals surface area contributed by atoms with E-state index in [9.17, 15) is 0 Å². The Morgan fingerprint density at radius 2 is 1.19 bits per heavy atom. The molecule has 0 atom stereocenters. The van der Waals surface area contributed by atoms with E-state index in [4.69, 9.17) is 4.98 Å². The average molecular weight is 466 g/mol. The smallest absolute Gasteiger partial charge is 0.138 e. The normalized spacial score (nSPS) is 12.0. The third kappa shape index (κ3) is 2.96. The van der Waals surface area contributed by atoms with Gasteiger partial charge in [-0.15, -0.1) is 0 Å². The number of benzene rings is 4. The summed E-state index contributed by atoms with van der Waals surface area (Å²) in [5.74, 6) is 1.35. The maximum absolute atomic E-state index is 4.84. The van der Waals surface area contributed by atoms with Gasteiger partial charge in [0.05, 0.1) is 16.6 Å². The Morgan fingerprint density at radius 1 is 0.611 bits per heavy atom. The zero-order chi connectivity index (χ0) is 24.4. The van der Waals surface area contributed by atoms with Crippen LogP contribution in [0.3, 0.4) is 0 Å². The Balaban J connectivity index is 1.50. The first kappa shape index (κ1) is 21.0. The molecule has 3 heteroatoms. The van der Waals surface area contributed by atoms with Crippen molar-refractivity contribution in [1.82, 2.24) is 14.1 Å². The summed E-state index contributed by atoms with van der Waals surface area (Å²) in [6, 6.07) is 35.0. The van der Waals surface area contributed by atoms with Gasteiger partial charge in [-0.1, -0.05) is 68.4 Å². The lowest BCUT2D eigenvalue weighted by atomic mass is 9.94. The van der Waals surface area contributed by atoms with E-state index in [1.807, 2.05) is 6.20 Å². The number of nitrogens with zero attached hydrogens (tertiary/aromatic N) is 3. The van der Waals surface area contributed by atoms with Gasteiger partial charge in [-0.25, -0.2) is 4.98 Å². The lowest BCUT2D eigenvalue weighted by Crippen LogP contribution is -1.98. The molecule has 0 saturated carbocycles. The van der Waals surface area contributed by atoms with Crippen molar-refractivity contribution < 1.29 is 0 Å². The van der Waals surface area contributed by atoms with Crippen molar-refractivity contribution in [2.75, 3.05) is 0 Å². The molecule has 7 aromatic rings. The minimum absolute atomic E-state index is 0.411. The van der Waals surface area contributed by atoms with Crippen molar-refractivity contribution in [3.05, 3.63) is 109 Å². The highest BCUT2D eigenvalue weighted by Crippen LogP contribution is 2.38. The van der Waals surface area contributed by atoms with Gasteiger partial charge in [-0.05, 0) is 65.1 Å². The standard InChI is InChI=1S/C33H27N3/c1-21(2)27-18-23(19-28-26-12-4-7-13-29(26)35(3)33(27)28)22-16-17-34-32(20-22)36-30-14-8-5-10-24(30)25-11-6-9-15-31(25)36/h4-21H,1-3H3. The number of hydrogen-bond donors (Lipinski definition) is 0. The monoisotopic (exact) mass is 465 g/mol. The number of hydrogen-bond acceptors (Lipinski definition) is 1. The molecule has 0 unspecified atom stereocenters. The van der Waals surface area contributed by atoms with Crippen LogP contribution in [0.2, 0.25) is 0 Å². The summed E-state index contributed by atoms with van der Waals surface area (Å²) in [6.45, 7) is 4.57. The van der Waals surface area contributed by atoms with Crippen LogP contribution in [0.5, 0.6) is 0 Å². The first-order valence-electron chi connectivity index (χ1n) is 12.6. The van der Waals surface area contributed by atoms with Crippen LogP contribution in [-0.4, -0.2) is 14.1 Å². The highest BCUT2D eigenvalue weighted by molar-refractivity contribution is 6.11. The third-order valence-corrected chi connectivity index (χ3v) is 7.54. The number of pyridine rings is 1. The molecule has 0 fully saturated rings. The molecule has 0 radical (unpaired) electrons. The van der Waals surface area contributed by atoms with Crippen LogP contribution < -0.4 is 0 Å². The predicted molar refractivity (Wildman–Crippen MR) is 152 cm³/mol. The fraction of sp³-hybridized carbons (Fsp3) is 0.121. The third-order valence-electron chi connectivity index (χ3n) is 7.54. The molecule has 7 rings (SSSR count). The Labute approximate surface area is 210 Å². The van der Waals surface area contributed by atoms with Crippen molar-refractivity contribution in [1.29, 1.82) is 0 Å². The summed E-state index contributed by atoms with van der Waals surface area (Å²) in [5.41, 5.74) is 8.73. The van der Waals surface area contributed by atoms with Crippen molar-refractivity contribution in [2.24, 2.45) is 7.05 Å². The number of rotatable bonds is 3. The van der Waals surface area contributed by atoms with Crippen LogP contribution in [0.15, 0.2) is 103 Å². The van der Waals surface area contributed by atoms with Gasteiger partial charge in [0.2, 0.25) is 0 Å². The Morgan fingerprint density at radius 3 is 1.83 bits per heavy atom. The lowest BCUT2D eigenvalue weighted by molar-refractivity contribution is 0.862. The zero-order valence-corrected chi connectivity index (χ0v) is 20.7. The number of aryl methyl sites for hydroxylation is 1. The van der Waals surface area contributed by atoms with Crippen LogP contribution in [-0.2, 0) is 7.05 Å². The molecule has 0 N–H and O–H groups in total. The van der Waals surface area contributed by atoms with Crippen molar-refractivity contribution >= 4 is 43.6 Å². The number of fused-ring (bicyclic) bond motifs is 6. The Hall–Kier alpha value is -4.37. The van der Waals surface area contributed by atoms with Crippen LogP contribution in [0.25, 0.3) is 60.6 Å². The summed E-state index contributed by atoms with van der Waals surface area (Å²) in [5, 5.41) is 5.11. The molecule has 0 spiro atoms. The maximum Gasteiger partial charge on any atom is 0.138 e. The van der Waals surface area contributed by atoms with E-state index < -0.39 is 0 Å². The molecule has 0 amide bonds. The number of aromatic nitrogens is 3. The van der Waals surface area contributed by atoms with Crippen LogP contribution >= 0.6 is 0 Å². The SMILES string of the molecule is CC(C)c1cc(-c2ccnc(-n3c4ccccc4c4ccccc43)c2)cc2c3ccccc3n(C)c12. The van der Waals surface area contributed by atoms with Gasteiger partial charge in [0.15, 0.2) is 0 Å². The van der Waals surface area contributed by atoms with Crippen molar-refractivity contribution in [3.63, 3.8) is 0 Å². The van der Waals surface area contributed by atoms with Gasteiger partial charge in [0.1, 0.15) is 5.82 Å². The molecule has 3 nitrogen and oxygen atoms in total. The number of para-hydroxylation sites is 3. The summed E-state index contributed by atoms with van der Waals surface area (Å²) >= 11 is 0. The van der Waals surface area contributed by atoms with Gasteiger partial charge in [0.25, 0.3) is 0 Å². The minimum Gasteiger partial charge on any atom is -0.343 e. The van der Waals surface area contributed by atoms with Crippen LogP contribution in [0.1, 0.15) is 25.3 Å². The summed E-state index contributed by atoms with van der Waals surface area (Å²) in [7, 11) is 2.18. The van der Waals surface area contributed by atoms with E-state index >= 15 is 0 Å². The highest BCUT2D eigenvalue weighted by atomic mass is 15.1. The van der Waals surface area contributed by atoms with Crippen molar-refractivity contribution in [2.45, 2.75) is 19.8 Å². The fourth-order valence-corrected chi connectivity index (χ4v) is 5.85. The molecule has 4 aromatic carbocycles. The zero-order valence-electron chi connectivity index (χ0n) is 20.7. The highest BCUT2D eigenvalue weighted by Gasteiger charge is 2.17. The second-order valence-electron chi connectivity index (χ2n) is 9.96. The van der Waals surface area contributed by atoms with Crippen molar-refractivity contribution in [3.8, 4) is 16.9 Å². The largest absolute Gasteiger partial charge is 0.343 e. The summed E-state index contributed by atoms with van der Waals surface area (Å²) in [4.78, 5) is 4.84. The molecular formula is C33H27N3. The minimum atomic E-state index is 0.411. The van der Waals surface area contributed by atoms with Gasteiger partial charge in [0, 0.05) is 40.3 Å². The maximum atomic E-state index is 4.84. The van der Waals surface area contributed by atoms with Gasteiger partial charge in [-0.3, -0.25) is 4.57 Å². The topological polar surface area (TPSA) is 22.8 Å². The molecule has 36 heavy (non-hydrogen) atoms. The molecule has 174 valence electrons. The van der Waals surface area contributed by atoms with E-state index in [-0.39, 0.29) is 0 Å². The molecule has 3 heterocycles. The quantitative estimate of drug-likeness (QED) is 0.256. The molecule has 0 bridgehead atoms. The molecule has 0 aliphatic carbocycles. The molecule has 0 aliphatic rings. The predicted octanol–water partition coefficient (Wildman–Crippen LogP) is 8.61. The Kier molecular flexibility index (Phi) is 4.55. The van der Waals surface area contributed by atoms with E-state index in [1.54, 1.807) is 0 Å². The molecule has 0 aliphatic heterocycles. The lowest BCUT2D eigenvalue weighted by Gasteiger charge is -2.14. The summed E-state index contributed by atoms with van der Waals surface area (Å²) in [6.07, 6.45) is 1.94. The van der Waals surface area contributed by atoms with E-state index in [0.29, 0.717) is 5.92 Å². The second-order valence-corrected chi connectivity index (χ2v) is 9.96. The first-order chi connectivity index (χ1) is 17.6. The first-order valence-corrected chi connectivity index (χ1v) is 12.6. The summed E-state index contributed by atoms with van der Waals surface area (Å²) < 4.78 is 4.63. The van der Waals surface area contributed by atoms with E-state index in [1.165, 1.54) is 60.3 Å². The Bertz CT molecular complexity index is 1880. The van der Waals surface area contributed by atoms with Crippen LogP contribution in [0.4, 0.5) is 0 Å². The molecule has 0 saturated heterocycles.